The fourth-order valence-electron chi connectivity index (χ4n) is 9.65. The van der Waals surface area contributed by atoms with Crippen molar-refractivity contribution in [2.45, 2.75) is 97.3 Å². The van der Waals surface area contributed by atoms with Gasteiger partial charge in [-0.1, -0.05) is 46.4 Å². The number of amides is 4. The number of aromatic hydroxyl groups is 1. The number of cyclic esters (lactones) is 1. The second-order valence-electron chi connectivity index (χ2n) is 19.3. The zero-order chi connectivity index (χ0) is 47.0. The molecule has 0 spiro atoms. The molecule has 4 aromatic rings. The molecule has 2 aromatic heterocycles. The lowest BCUT2D eigenvalue weighted by Gasteiger charge is -2.37. The van der Waals surface area contributed by atoms with Crippen molar-refractivity contribution in [1.29, 1.82) is 5.26 Å². The number of benzene rings is 2. The number of phenols is 1. The number of nitriles is 1. The van der Waals surface area contributed by atoms with Crippen LogP contribution in [0, 0.1) is 28.6 Å². The van der Waals surface area contributed by atoms with E-state index in [1.54, 1.807) is 36.5 Å². The molecule has 0 unspecified atom stereocenters. The first-order chi connectivity index (χ1) is 30.8. The standard InChI is InChI=1S/C50H60N8O7.4H2S/c1-9-42(60)56-20-16-34(27-56)46(62)55(8)43(30(2)3)45(61)53-40-23-31-21-35(24-36(59)22-31)33-12-13-41-37(25-33)38(44(32-14-17-52-18-15-32)58(41)50(6,7)28-51)26-49(4,5)29-65-48(64)39-11-10-19-57(54-39)47(40)63;;;;/h9,12-15,17-18,21-22,24-25,30,34,39-40,43,54,59H,1,10-11,16,19-20,23,26-27,29H2,2-8H3,(H,53,61);4*1H2/t34-,39-,40-,43-;;;;/m0..../s1. The Morgan fingerprint density at radius 3 is 2.36 bits per heavy atom. The molecule has 374 valence electrons. The van der Waals surface area contributed by atoms with Crippen LogP contribution in [0.1, 0.15) is 71.9 Å². The molecule has 7 rings (SSSR count). The average Bonchev–Trinajstić information content (AvgIpc) is 3.90. The van der Waals surface area contributed by atoms with Gasteiger partial charge in [-0.3, -0.25) is 34.0 Å². The van der Waals surface area contributed by atoms with Crippen LogP contribution < -0.4 is 10.7 Å². The van der Waals surface area contributed by atoms with Gasteiger partial charge in [-0.05, 0) is 110 Å². The van der Waals surface area contributed by atoms with E-state index in [-0.39, 0.29) is 104 Å². The first-order valence-electron chi connectivity index (χ1n) is 22.4. The van der Waals surface area contributed by atoms with Crippen LogP contribution in [0.15, 0.2) is 73.6 Å². The molecule has 0 saturated carbocycles. The summed E-state index contributed by atoms with van der Waals surface area (Å²) < 4.78 is 8.11. The summed E-state index contributed by atoms with van der Waals surface area (Å²) in [6.45, 7) is 15.9. The highest BCUT2D eigenvalue weighted by molar-refractivity contribution is 7.59. The summed E-state index contributed by atoms with van der Waals surface area (Å²) in [5.74, 6) is -3.01. The Morgan fingerprint density at radius 2 is 1.71 bits per heavy atom. The Bertz CT molecular complexity index is 2580. The number of esters is 1. The van der Waals surface area contributed by atoms with Crippen molar-refractivity contribution in [3.63, 3.8) is 0 Å². The van der Waals surface area contributed by atoms with Gasteiger partial charge in [0.15, 0.2) is 0 Å². The summed E-state index contributed by atoms with van der Waals surface area (Å²) in [7, 11) is 1.57. The topological polar surface area (TPSA) is 190 Å². The maximum absolute atomic E-state index is 14.7. The summed E-state index contributed by atoms with van der Waals surface area (Å²) in [6, 6.07) is 14.4. The number of likely N-dealkylation sites (tertiary alicyclic amines) is 1. The highest BCUT2D eigenvalue weighted by atomic mass is 32.1. The minimum absolute atomic E-state index is 0. The smallest absolute Gasteiger partial charge is 0.324 e. The Morgan fingerprint density at radius 1 is 1.01 bits per heavy atom. The van der Waals surface area contributed by atoms with E-state index in [2.05, 4.69) is 32.9 Å². The molecule has 5 heterocycles. The van der Waals surface area contributed by atoms with Crippen molar-refractivity contribution in [3.8, 4) is 34.2 Å². The van der Waals surface area contributed by atoms with Gasteiger partial charge in [0.1, 0.15) is 29.4 Å². The van der Waals surface area contributed by atoms with Crippen LogP contribution in [0.5, 0.6) is 5.75 Å². The van der Waals surface area contributed by atoms with E-state index in [9.17, 15) is 34.3 Å². The number of carbonyl (C=O) groups excluding carboxylic acids is 5. The molecule has 4 amide bonds. The summed E-state index contributed by atoms with van der Waals surface area (Å²) in [4.78, 5) is 76.5. The van der Waals surface area contributed by atoms with Crippen LogP contribution >= 0.6 is 54.0 Å². The molecule has 19 heteroatoms. The van der Waals surface area contributed by atoms with Gasteiger partial charge in [-0.2, -0.15) is 59.2 Å². The van der Waals surface area contributed by atoms with Crippen LogP contribution in [0.25, 0.3) is 33.3 Å². The van der Waals surface area contributed by atoms with Crippen molar-refractivity contribution >= 4 is 94.5 Å². The van der Waals surface area contributed by atoms with Gasteiger partial charge >= 0.3 is 5.97 Å². The minimum Gasteiger partial charge on any atom is -0.508 e. The van der Waals surface area contributed by atoms with Crippen molar-refractivity contribution in [3.05, 3.63) is 84.7 Å². The van der Waals surface area contributed by atoms with Crippen LogP contribution in [0.3, 0.4) is 0 Å². The SMILES string of the molecule is C=CC(=O)N1CC[C@H](C(=O)N(C)[C@H](C(=O)N[C@H]2Cc3cc(O)cc(c3)-c3ccc4c(c3)c(c(-c3ccncc3)n4C(C)(C)C#N)CC(C)(C)COC(=O)[C@@H]3CCCN(N3)C2=O)C(C)C)C1.S.S.S.S. The summed E-state index contributed by atoms with van der Waals surface area (Å²) in [6.07, 6.45) is 6.44. The predicted molar refractivity (Wildman–Crippen MR) is 287 cm³/mol. The fourth-order valence-corrected chi connectivity index (χ4v) is 9.65. The molecule has 3 aliphatic heterocycles. The van der Waals surface area contributed by atoms with E-state index in [1.165, 1.54) is 16.0 Å². The maximum Gasteiger partial charge on any atom is 0.324 e. The molecular weight excluding hydrogens is 953 g/mol. The first-order valence-corrected chi connectivity index (χ1v) is 22.4. The Balaban J connectivity index is 0.00000315. The number of ether oxygens (including phenoxy) is 1. The largest absolute Gasteiger partial charge is 0.508 e. The Labute approximate surface area is 433 Å². The highest BCUT2D eigenvalue weighted by Crippen LogP contribution is 2.43. The van der Waals surface area contributed by atoms with Gasteiger partial charge in [0.2, 0.25) is 17.7 Å². The van der Waals surface area contributed by atoms with Crippen LogP contribution in [-0.4, -0.2) is 110 Å². The zero-order valence-electron chi connectivity index (χ0n) is 40.4. The minimum atomic E-state index is -1.19. The van der Waals surface area contributed by atoms with E-state index < -0.39 is 52.8 Å². The Hall–Kier alpha value is -5.13. The van der Waals surface area contributed by atoms with E-state index in [1.807, 2.05) is 77.9 Å². The summed E-state index contributed by atoms with van der Waals surface area (Å²) >= 11 is 0. The maximum atomic E-state index is 14.7. The molecule has 0 aliphatic carbocycles. The summed E-state index contributed by atoms with van der Waals surface area (Å²) in [5.41, 5.74) is 6.99. The number of likely N-dealkylation sites (N-methyl/N-ethyl adjacent to an activating group) is 1. The predicted octanol–water partition coefficient (Wildman–Crippen LogP) is 5.95. The molecule has 4 atom stereocenters. The second kappa shape index (κ2) is 23.7. The third kappa shape index (κ3) is 12.4. The fraction of sp³-hybridized carbons (Fsp3) is 0.460. The van der Waals surface area contributed by atoms with Crippen molar-refractivity contribution in [2.24, 2.45) is 17.3 Å². The van der Waals surface area contributed by atoms with Crippen molar-refractivity contribution < 1.29 is 33.8 Å². The molecule has 2 saturated heterocycles. The number of aromatic nitrogens is 2. The number of hydrazine groups is 1. The lowest BCUT2D eigenvalue weighted by atomic mass is 9.84. The number of fused-ring (bicyclic) bond motifs is 6. The molecule has 15 nitrogen and oxygen atoms in total. The normalized spacial score (nSPS) is 19.5. The third-order valence-corrected chi connectivity index (χ3v) is 12.9. The van der Waals surface area contributed by atoms with E-state index in [0.717, 1.165) is 33.3 Å². The van der Waals surface area contributed by atoms with Gasteiger partial charge < -0.3 is 29.5 Å². The van der Waals surface area contributed by atoms with E-state index in [0.29, 0.717) is 43.4 Å². The molecule has 0 radical (unpaired) electrons. The number of rotatable bonds is 8. The number of pyridine rings is 1. The molecule has 2 aromatic carbocycles. The first kappa shape index (κ1) is 58.2. The second-order valence-corrected chi connectivity index (χ2v) is 19.3. The monoisotopic (exact) mass is 1020 g/mol. The van der Waals surface area contributed by atoms with Crippen LogP contribution in [0.2, 0.25) is 0 Å². The molecule has 3 N–H and O–H groups in total. The summed E-state index contributed by atoms with van der Waals surface area (Å²) in [5, 5.41) is 27.1. The number of phenolic OH excluding ortho intramolecular Hbond substituents is 1. The van der Waals surface area contributed by atoms with Crippen molar-refractivity contribution in [1.82, 2.24) is 35.1 Å². The zero-order valence-corrected chi connectivity index (χ0v) is 44.4. The third-order valence-electron chi connectivity index (χ3n) is 12.9. The molecular formula is C50H68N8O7S4. The lowest BCUT2D eigenvalue weighted by Crippen LogP contribution is -2.62. The quantitative estimate of drug-likeness (QED) is 0.141. The van der Waals surface area contributed by atoms with Gasteiger partial charge in [0.25, 0.3) is 5.91 Å². The lowest BCUT2D eigenvalue weighted by molar-refractivity contribution is -0.155. The molecule has 69 heavy (non-hydrogen) atoms. The molecule has 3 aliphatic rings. The van der Waals surface area contributed by atoms with Crippen LogP contribution in [-0.2, 0) is 47.1 Å². The van der Waals surface area contributed by atoms with Gasteiger partial charge in [0, 0.05) is 61.9 Å². The number of hydrogen-bond acceptors (Lipinski definition) is 10. The molecule has 6 bridgehead atoms. The number of hydrogen-bond donors (Lipinski definition) is 3. The number of nitrogens with zero attached hydrogens (tertiary/aromatic N) is 6. The van der Waals surface area contributed by atoms with E-state index >= 15 is 0 Å². The van der Waals surface area contributed by atoms with Gasteiger partial charge in [-0.25, -0.2) is 5.43 Å². The average molecular weight is 1020 g/mol. The highest BCUT2D eigenvalue weighted by Gasteiger charge is 2.40. The number of nitrogens with one attached hydrogen (secondary N) is 2. The van der Waals surface area contributed by atoms with Gasteiger partial charge in [0.05, 0.1) is 29.8 Å². The Kier molecular flexibility index (Phi) is 19.9. The molecule has 2 fully saturated rings. The van der Waals surface area contributed by atoms with Crippen molar-refractivity contribution in [2.75, 3.05) is 33.3 Å². The van der Waals surface area contributed by atoms with Gasteiger partial charge in [-0.15, -0.1) is 0 Å². The van der Waals surface area contributed by atoms with E-state index in [4.69, 9.17) is 4.74 Å². The van der Waals surface area contributed by atoms with Crippen LogP contribution in [0.4, 0.5) is 0 Å². The number of carbonyl (C=O) groups is 5.